The van der Waals surface area contributed by atoms with Crippen LogP contribution in [0.2, 0.25) is 0 Å². The van der Waals surface area contributed by atoms with Gasteiger partial charge in [0, 0.05) is 12.6 Å². The summed E-state index contributed by atoms with van der Waals surface area (Å²) < 4.78 is 0. The number of carbonyl (C=O) groups excluding carboxylic acids is 1. The number of nitrogens with zero attached hydrogens (tertiary/aromatic N) is 2. The fourth-order valence-electron chi connectivity index (χ4n) is 2.56. The van der Waals surface area contributed by atoms with Gasteiger partial charge in [-0.2, -0.15) is 0 Å². The lowest BCUT2D eigenvalue weighted by Crippen LogP contribution is -2.49. The van der Waals surface area contributed by atoms with Gasteiger partial charge in [-0.25, -0.2) is 14.8 Å². The van der Waals surface area contributed by atoms with Crippen molar-refractivity contribution in [1.29, 1.82) is 0 Å². The van der Waals surface area contributed by atoms with Gasteiger partial charge in [0.25, 0.3) is 5.91 Å². The second kappa shape index (κ2) is 7.10. The summed E-state index contributed by atoms with van der Waals surface area (Å²) in [5, 5.41) is 22.5. The van der Waals surface area contributed by atoms with E-state index in [2.05, 4.69) is 20.3 Å². The highest BCUT2D eigenvalue weighted by atomic mass is 16.4. The predicted octanol–water partition coefficient (Wildman–Crippen LogP) is 0.744. The van der Waals surface area contributed by atoms with Gasteiger partial charge in [0.1, 0.15) is 17.7 Å². The van der Waals surface area contributed by atoms with Crippen LogP contribution in [0.15, 0.2) is 48.9 Å². The van der Waals surface area contributed by atoms with Gasteiger partial charge in [-0.05, 0) is 11.6 Å². The predicted molar refractivity (Wildman–Crippen MR) is 88.9 cm³/mol. The number of amides is 1. The van der Waals surface area contributed by atoms with E-state index in [-0.39, 0.29) is 12.1 Å². The Bertz CT molecular complexity index is 894. The van der Waals surface area contributed by atoms with Gasteiger partial charge >= 0.3 is 5.97 Å². The van der Waals surface area contributed by atoms with E-state index in [1.54, 1.807) is 36.5 Å². The summed E-state index contributed by atoms with van der Waals surface area (Å²) in [6, 6.07) is 9.12. The van der Waals surface area contributed by atoms with Gasteiger partial charge in [0.15, 0.2) is 6.04 Å². The molecule has 8 heteroatoms. The monoisotopic (exact) mass is 340 g/mol. The minimum atomic E-state index is -1.46. The van der Waals surface area contributed by atoms with Crippen LogP contribution in [0.5, 0.6) is 0 Å². The number of fused-ring (bicyclic) bond motifs is 1. The third-order valence-corrected chi connectivity index (χ3v) is 3.79. The molecule has 0 saturated heterocycles. The van der Waals surface area contributed by atoms with Crippen molar-refractivity contribution in [2.24, 2.45) is 0 Å². The summed E-state index contributed by atoms with van der Waals surface area (Å²) in [5.41, 5.74) is 1.28. The number of aliphatic carboxylic acids is 1. The smallest absolute Gasteiger partial charge is 0.328 e. The van der Waals surface area contributed by atoms with Gasteiger partial charge < -0.3 is 20.5 Å². The first kappa shape index (κ1) is 16.6. The molecule has 8 nitrogen and oxygen atoms in total. The number of carboxylic acid groups (broad SMARTS) is 1. The van der Waals surface area contributed by atoms with Crippen molar-refractivity contribution in [2.45, 2.75) is 18.6 Å². The van der Waals surface area contributed by atoms with Crippen LogP contribution in [0, 0.1) is 0 Å². The molecule has 0 saturated carbocycles. The molecule has 0 unspecified atom stereocenters. The van der Waals surface area contributed by atoms with Crippen LogP contribution in [0.1, 0.15) is 16.1 Å². The van der Waals surface area contributed by atoms with Crippen LogP contribution < -0.4 is 5.32 Å². The minimum Gasteiger partial charge on any atom is -0.480 e. The fraction of sp³-hybridized carbons (Fsp3) is 0.176. The number of aromatic amines is 1. The van der Waals surface area contributed by atoms with E-state index in [0.717, 1.165) is 5.56 Å². The van der Waals surface area contributed by atoms with E-state index in [1.807, 2.05) is 6.07 Å². The van der Waals surface area contributed by atoms with Crippen molar-refractivity contribution in [3.63, 3.8) is 0 Å². The second-order valence-corrected chi connectivity index (χ2v) is 5.51. The van der Waals surface area contributed by atoms with Gasteiger partial charge in [-0.1, -0.05) is 30.3 Å². The van der Waals surface area contributed by atoms with E-state index >= 15 is 0 Å². The molecule has 2 atom stereocenters. The molecule has 4 N–H and O–H groups in total. The van der Waals surface area contributed by atoms with Crippen LogP contribution in [-0.4, -0.2) is 49.2 Å². The number of benzene rings is 1. The average molecular weight is 340 g/mol. The molecule has 1 amide bonds. The molecule has 128 valence electrons. The van der Waals surface area contributed by atoms with Gasteiger partial charge in [-0.3, -0.25) is 4.79 Å². The molecular formula is C17H16N4O4. The third-order valence-electron chi connectivity index (χ3n) is 3.79. The largest absolute Gasteiger partial charge is 0.480 e. The molecule has 25 heavy (non-hydrogen) atoms. The summed E-state index contributed by atoms with van der Waals surface area (Å²) in [6.07, 6.45) is 1.63. The molecule has 2 heterocycles. The zero-order chi connectivity index (χ0) is 17.8. The minimum absolute atomic E-state index is 0.0458. The fourth-order valence-corrected chi connectivity index (χ4v) is 2.56. The van der Waals surface area contributed by atoms with Gasteiger partial charge in [0.05, 0.1) is 11.5 Å². The Labute approximate surface area is 142 Å². The summed E-state index contributed by atoms with van der Waals surface area (Å²) in [6.45, 7) is 0. The highest BCUT2D eigenvalue weighted by Gasteiger charge is 2.29. The Balaban J connectivity index is 1.78. The Hall–Kier alpha value is -3.26. The molecule has 0 aliphatic heterocycles. The molecule has 0 aliphatic rings. The summed E-state index contributed by atoms with van der Waals surface area (Å²) >= 11 is 0. The maximum Gasteiger partial charge on any atom is 0.328 e. The number of hydrogen-bond donors (Lipinski definition) is 4. The topological polar surface area (TPSA) is 128 Å². The van der Waals surface area contributed by atoms with Crippen molar-refractivity contribution in [3.05, 3.63) is 60.2 Å². The Kier molecular flexibility index (Phi) is 4.71. The van der Waals surface area contributed by atoms with E-state index < -0.39 is 24.0 Å². The molecule has 0 bridgehead atoms. The van der Waals surface area contributed by atoms with E-state index in [9.17, 15) is 19.8 Å². The first-order valence-corrected chi connectivity index (χ1v) is 7.60. The molecule has 0 radical (unpaired) electrons. The van der Waals surface area contributed by atoms with Crippen molar-refractivity contribution in [3.8, 4) is 0 Å². The molecule has 0 fully saturated rings. The van der Waals surface area contributed by atoms with Gasteiger partial charge in [-0.15, -0.1) is 0 Å². The molecule has 1 aromatic carbocycles. The normalized spacial score (nSPS) is 13.3. The number of hydrogen-bond acceptors (Lipinski definition) is 5. The van der Waals surface area contributed by atoms with Crippen LogP contribution in [0.25, 0.3) is 11.0 Å². The number of H-pyrrole nitrogens is 1. The highest BCUT2D eigenvalue weighted by Crippen LogP contribution is 2.13. The number of aromatic nitrogens is 3. The number of carbonyl (C=O) groups is 2. The zero-order valence-corrected chi connectivity index (χ0v) is 13.1. The van der Waals surface area contributed by atoms with Crippen LogP contribution >= 0.6 is 0 Å². The van der Waals surface area contributed by atoms with Crippen molar-refractivity contribution in [1.82, 2.24) is 20.3 Å². The van der Waals surface area contributed by atoms with Crippen molar-refractivity contribution >= 4 is 22.9 Å². The number of carboxylic acids is 1. The lowest BCUT2D eigenvalue weighted by Gasteiger charge is -2.20. The molecule has 3 aromatic rings. The summed E-state index contributed by atoms with van der Waals surface area (Å²) in [7, 11) is 0. The van der Waals surface area contributed by atoms with Crippen LogP contribution in [0.4, 0.5) is 0 Å². The lowest BCUT2D eigenvalue weighted by molar-refractivity contribution is -0.142. The molecular weight excluding hydrogens is 324 g/mol. The second-order valence-electron chi connectivity index (χ2n) is 5.51. The van der Waals surface area contributed by atoms with Crippen molar-refractivity contribution in [2.75, 3.05) is 0 Å². The van der Waals surface area contributed by atoms with E-state index in [0.29, 0.717) is 11.0 Å². The zero-order valence-electron chi connectivity index (χ0n) is 13.1. The molecule has 2 aromatic heterocycles. The highest BCUT2D eigenvalue weighted by molar-refractivity contribution is 6.04. The Morgan fingerprint density at radius 2 is 1.92 bits per heavy atom. The summed E-state index contributed by atoms with van der Waals surface area (Å²) in [5.74, 6) is -2.01. The molecule has 0 aliphatic carbocycles. The van der Waals surface area contributed by atoms with Gasteiger partial charge in [0.2, 0.25) is 0 Å². The van der Waals surface area contributed by atoms with Crippen LogP contribution in [0.3, 0.4) is 0 Å². The summed E-state index contributed by atoms with van der Waals surface area (Å²) in [4.78, 5) is 34.7. The molecule has 3 rings (SSSR count). The lowest BCUT2D eigenvalue weighted by atomic mass is 10.0. The number of aliphatic hydroxyl groups is 1. The number of aliphatic hydroxyl groups excluding tert-OH is 1. The standard InChI is InChI=1S/C17H16N4O4/c22-12(8-10-4-2-1-3-5-10)14(17(24)25)21-16(23)13-11-6-7-18-15(11)20-9-19-13/h1-7,9,12,14,22H,8H2,(H,21,23)(H,24,25)(H,18,19,20)/t12-,14+/m0/s1. The van der Waals surface area contributed by atoms with Crippen LogP contribution in [-0.2, 0) is 11.2 Å². The maximum atomic E-state index is 12.4. The van der Waals surface area contributed by atoms with E-state index in [1.165, 1.54) is 6.33 Å². The Morgan fingerprint density at radius 3 is 2.64 bits per heavy atom. The Morgan fingerprint density at radius 1 is 1.16 bits per heavy atom. The number of rotatable bonds is 6. The maximum absolute atomic E-state index is 12.4. The molecule has 0 spiro atoms. The van der Waals surface area contributed by atoms with Crippen molar-refractivity contribution < 1.29 is 19.8 Å². The average Bonchev–Trinajstić information content (AvgIpc) is 3.08. The quantitative estimate of drug-likeness (QED) is 0.524. The SMILES string of the molecule is O=C(N[C@@H](C(=O)O)[C@@H](O)Cc1ccccc1)c1ncnc2[nH]ccc12. The first-order valence-electron chi connectivity index (χ1n) is 7.60. The van der Waals surface area contributed by atoms with E-state index in [4.69, 9.17) is 0 Å². The third kappa shape index (κ3) is 3.64. The first-order chi connectivity index (χ1) is 12.1. The number of nitrogens with one attached hydrogen (secondary N) is 2.